The van der Waals surface area contributed by atoms with Gasteiger partial charge in [0.1, 0.15) is 0 Å². The van der Waals surface area contributed by atoms with Gasteiger partial charge in [0, 0.05) is 25.0 Å². The van der Waals surface area contributed by atoms with Crippen LogP contribution in [-0.4, -0.2) is 39.0 Å². The third-order valence-electron chi connectivity index (χ3n) is 3.02. The molecule has 0 saturated heterocycles. The smallest absolute Gasteiger partial charge is 0.228 e. The van der Waals surface area contributed by atoms with Gasteiger partial charge in [-0.05, 0) is 23.6 Å². The highest BCUT2D eigenvalue weighted by Crippen LogP contribution is 2.25. The van der Waals surface area contributed by atoms with Crippen LogP contribution in [0.1, 0.15) is 11.1 Å². The van der Waals surface area contributed by atoms with E-state index in [0.29, 0.717) is 12.1 Å². The van der Waals surface area contributed by atoms with Crippen molar-refractivity contribution >= 4 is 25.5 Å². The Labute approximate surface area is 113 Å². The Morgan fingerprint density at radius 1 is 1.26 bits per heavy atom. The van der Waals surface area contributed by atoms with Gasteiger partial charge < -0.3 is 5.73 Å². The summed E-state index contributed by atoms with van der Waals surface area (Å²) in [6, 6.07) is 5.36. The average Bonchev–Trinajstić information content (AvgIpc) is 2.25. The molecule has 0 amide bonds. The lowest BCUT2D eigenvalue weighted by molar-refractivity contribution is 0.394. The van der Waals surface area contributed by atoms with E-state index in [2.05, 4.69) is 0 Å². The molecule has 6 nitrogen and oxygen atoms in total. The number of sulfone groups is 1. The fourth-order valence-electron chi connectivity index (χ4n) is 2.20. The van der Waals surface area contributed by atoms with Gasteiger partial charge in [-0.15, -0.1) is 0 Å². The Balaban J connectivity index is 2.28. The van der Waals surface area contributed by atoms with E-state index >= 15 is 0 Å². The summed E-state index contributed by atoms with van der Waals surface area (Å²) in [5.41, 5.74) is 8.27. The molecule has 1 aromatic carbocycles. The van der Waals surface area contributed by atoms with Crippen LogP contribution in [0.15, 0.2) is 18.2 Å². The topological polar surface area (TPSA) is 97.5 Å². The first-order chi connectivity index (χ1) is 8.69. The van der Waals surface area contributed by atoms with E-state index in [1.54, 1.807) is 12.1 Å². The highest BCUT2D eigenvalue weighted by atomic mass is 32.3. The largest absolute Gasteiger partial charge is 0.398 e. The second-order valence-corrected chi connectivity index (χ2v) is 9.20. The Kier molecular flexibility index (Phi) is 3.59. The van der Waals surface area contributed by atoms with Crippen LogP contribution in [0.4, 0.5) is 5.69 Å². The molecular weight excluding hydrogens is 288 g/mol. The predicted molar refractivity (Wildman–Crippen MR) is 73.6 cm³/mol. The molecule has 1 aliphatic rings. The number of rotatable bonds is 3. The normalized spacial score (nSPS) is 17.1. The Hall–Kier alpha value is -1.12. The van der Waals surface area contributed by atoms with Crippen molar-refractivity contribution in [2.24, 2.45) is 0 Å². The maximum atomic E-state index is 12.0. The highest BCUT2D eigenvalue weighted by Gasteiger charge is 2.30. The molecule has 0 saturated carbocycles. The van der Waals surface area contributed by atoms with Crippen LogP contribution in [0.5, 0.6) is 0 Å². The molecule has 1 aromatic rings. The van der Waals surface area contributed by atoms with Gasteiger partial charge in [-0.1, -0.05) is 12.1 Å². The van der Waals surface area contributed by atoms with Gasteiger partial charge in [0.2, 0.25) is 10.0 Å². The minimum absolute atomic E-state index is 0.179. The Bertz CT molecular complexity index is 695. The molecular formula is C11H16N2O4S2. The molecule has 0 fully saturated rings. The van der Waals surface area contributed by atoms with Gasteiger partial charge in [-0.25, -0.2) is 16.8 Å². The molecule has 0 unspecified atom stereocenters. The van der Waals surface area contributed by atoms with Crippen LogP contribution in [0.2, 0.25) is 0 Å². The molecule has 0 radical (unpaired) electrons. The van der Waals surface area contributed by atoms with Crippen LogP contribution in [0.25, 0.3) is 0 Å². The van der Waals surface area contributed by atoms with Gasteiger partial charge >= 0.3 is 0 Å². The highest BCUT2D eigenvalue weighted by molar-refractivity contribution is 8.06. The number of hydrogen-bond donors (Lipinski definition) is 1. The fraction of sp³-hybridized carbons (Fsp3) is 0.455. The number of fused-ring (bicyclic) bond motifs is 1. The van der Waals surface area contributed by atoms with E-state index in [1.165, 1.54) is 4.31 Å². The van der Waals surface area contributed by atoms with Crippen LogP contribution in [0, 0.1) is 0 Å². The average molecular weight is 304 g/mol. The Morgan fingerprint density at radius 2 is 1.95 bits per heavy atom. The van der Waals surface area contributed by atoms with Gasteiger partial charge in [-0.2, -0.15) is 4.31 Å². The number of nitrogens with two attached hydrogens (primary N) is 1. The maximum absolute atomic E-state index is 12.0. The molecule has 0 spiro atoms. The summed E-state index contributed by atoms with van der Waals surface area (Å²) in [4.78, 5) is 0. The Morgan fingerprint density at radius 3 is 2.58 bits per heavy atom. The number of benzene rings is 1. The second-order valence-electron chi connectivity index (χ2n) is 4.72. The molecule has 2 N–H and O–H groups in total. The van der Waals surface area contributed by atoms with Crippen molar-refractivity contribution in [1.29, 1.82) is 0 Å². The van der Waals surface area contributed by atoms with Gasteiger partial charge in [0.15, 0.2) is 14.9 Å². The van der Waals surface area contributed by atoms with Crippen molar-refractivity contribution in [3.63, 3.8) is 0 Å². The summed E-state index contributed by atoms with van der Waals surface area (Å²) in [6.45, 7) is 0.442. The second kappa shape index (κ2) is 4.77. The molecule has 8 heteroatoms. The van der Waals surface area contributed by atoms with E-state index in [4.69, 9.17) is 5.73 Å². The van der Waals surface area contributed by atoms with Crippen molar-refractivity contribution < 1.29 is 16.8 Å². The lowest BCUT2D eigenvalue weighted by atomic mass is 9.99. The first-order valence-electron chi connectivity index (χ1n) is 5.71. The summed E-state index contributed by atoms with van der Waals surface area (Å²) < 4.78 is 47.6. The van der Waals surface area contributed by atoms with E-state index in [1.807, 2.05) is 6.07 Å². The van der Waals surface area contributed by atoms with Crippen LogP contribution < -0.4 is 5.73 Å². The number of nitrogens with zero attached hydrogens (tertiary/aromatic N) is 1. The molecule has 0 aromatic heterocycles. The maximum Gasteiger partial charge on any atom is 0.228 e. The minimum atomic E-state index is -3.79. The molecule has 0 atom stereocenters. The van der Waals surface area contributed by atoms with Crippen molar-refractivity contribution in [2.45, 2.75) is 13.0 Å². The van der Waals surface area contributed by atoms with E-state index in [9.17, 15) is 16.8 Å². The molecule has 1 heterocycles. The van der Waals surface area contributed by atoms with Crippen molar-refractivity contribution in [3.05, 3.63) is 29.3 Å². The summed E-state index contributed by atoms with van der Waals surface area (Å²) in [7, 11) is -7.36. The summed E-state index contributed by atoms with van der Waals surface area (Å²) in [5.74, 6) is 0. The molecule has 19 heavy (non-hydrogen) atoms. The summed E-state index contributed by atoms with van der Waals surface area (Å²) in [6.07, 6.45) is 1.42. The SMILES string of the molecule is CS(=O)(=O)CS(=O)(=O)N1CCc2c(N)cccc2C1. The number of nitrogen functional groups attached to an aromatic ring is 1. The summed E-state index contributed by atoms with van der Waals surface area (Å²) in [5, 5.41) is -0.850. The van der Waals surface area contributed by atoms with Gasteiger partial charge in [-0.3, -0.25) is 0 Å². The minimum Gasteiger partial charge on any atom is -0.398 e. The quantitative estimate of drug-likeness (QED) is 0.790. The molecule has 0 bridgehead atoms. The zero-order valence-electron chi connectivity index (χ0n) is 10.5. The van der Waals surface area contributed by atoms with E-state index < -0.39 is 24.9 Å². The number of sulfonamides is 1. The van der Waals surface area contributed by atoms with Crippen LogP contribution in [-0.2, 0) is 32.8 Å². The molecule has 1 aliphatic heterocycles. The standard InChI is InChI=1S/C11H16N2O4S2/c1-18(14,15)8-19(16,17)13-6-5-10-9(7-13)3-2-4-11(10)12/h2-4H,5-8,12H2,1H3. The fourth-order valence-corrected chi connectivity index (χ4v) is 5.66. The molecule has 2 rings (SSSR count). The van der Waals surface area contributed by atoms with E-state index in [-0.39, 0.29) is 13.1 Å². The monoisotopic (exact) mass is 304 g/mol. The zero-order chi connectivity index (χ0) is 14.3. The lowest BCUT2D eigenvalue weighted by Crippen LogP contribution is -2.39. The van der Waals surface area contributed by atoms with Crippen LogP contribution >= 0.6 is 0 Å². The summed E-state index contributed by atoms with van der Waals surface area (Å²) >= 11 is 0. The van der Waals surface area contributed by atoms with Crippen molar-refractivity contribution in [2.75, 3.05) is 23.6 Å². The number of hydrogen-bond acceptors (Lipinski definition) is 5. The van der Waals surface area contributed by atoms with Crippen molar-refractivity contribution in [1.82, 2.24) is 4.31 Å². The first kappa shape index (κ1) is 14.3. The third kappa shape index (κ3) is 3.26. The van der Waals surface area contributed by atoms with Crippen molar-refractivity contribution in [3.8, 4) is 0 Å². The molecule has 106 valence electrons. The first-order valence-corrected chi connectivity index (χ1v) is 9.38. The lowest BCUT2D eigenvalue weighted by Gasteiger charge is -2.28. The predicted octanol–water partition coefficient (Wildman–Crippen LogP) is -0.0412. The van der Waals surface area contributed by atoms with Gasteiger partial charge in [0.05, 0.1) is 0 Å². The molecule has 0 aliphatic carbocycles. The van der Waals surface area contributed by atoms with Crippen LogP contribution in [0.3, 0.4) is 0 Å². The van der Waals surface area contributed by atoms with E-state index in [0.717, 1.165) is 17.4 Å². The van der Waals surface area contributed by atoms with Gasteiger partial charge in [0.25, 0.3) is 0 Å². The number of anilines is 1. The third-order valence-corrected chi connectivity index (χ3v) is 7.03. The zero-order valence-corrected chi connectivity index (χ0v) is 12.2.